The Bertz CT molecular complexity index is 1420. The number of benzene rings is 3. The van der Waals surface area contributed by atoms with Gasteiger partial charge in [-0.1, -0.05) is 48.5 Å². The SMILES string of the molecule is CCN(CC)c1ccc(C2CC(C=Cc3ccc(OC)cc3)=NN2c2cc(C)c3ccccc3n2)cc1. The summed E-state index contributed by atoms with van der Waals surface area (Å²) in [4.78, 5) is 7.38. The number of aromatic nitrogens is 1. The lowest BCUT2D eigenvalue weighted by Crippen LogP contribution is -2.22. The number of pyridine rings is 1. The van der Waals surface area contributed by atoms with Crippen LogP contribution in [-0.2, 0) is 0 Å². The number of nitrogens with zero attached hydrogens (tertiary/aromatic N) is 4. The third-order valence-electron chi connectivity index (χ3n) is 7.07. The van der Waals surface area contributed by atoms with Crippen molar-refractivity contribution in [2.75, 3.05) is 30.1 Å². The molecule has 1 atom stereocenters. The number of allylic oxidation sites excluding steroid dienone is 1. The summed E-state index contributed by atoms with van der Waals surface area (Å²) in [5.41, 5.74) is 6.82. The van der Waals surface area contributed by atoms with Crippen molar-refractivity contribution in [2.45, 2.75) is 33.2 Å². The molecule has 3 aromatic carbocycles. The maximum atomic E-state index is 5.29. The summed E-state index contributed by atoms with van der Waals surface area (Å²) < 4.78 is 5.29. The van der Waals surface area contributed by atoms with E-state index in [1.54, 1.807) is 7.11 Å². The summed E-state index contributed by atoms with van der Waals surface area (Å²) in [6.45, 7) is 8.52. The highest BCUT2D eigenvalue weighted by Gasteiger charge is 2.29. The minimum Gasteiger partial charge on any atom is -0.497 e. The molecule has 0 spiro atoms. The Morgan fingerprint density at radius 2 is 1.68 bits per heavy atom. The number of ether oxygens (including phenoxy) is 1. The van der Waals surface area contributed by atoms with Crippen molar-refractivity contribution in [1.82, 2.24) is 4.98 Å². The van der Waals surface area contributed by atoms with Gasteiger partial charge in [0.2, 0.25) is 0 Å². The monoisotopic (exact) mass is 490 g/mol. The Balaban J connectivity index is 1.50. The fourth-order valence-electron chi connectivity index (χ4n) is 4.96. The van der Waals surface area contributed by atoms with Gasteiger partial charge in [-0.3, -0.25) is 0 Å². The Kier molecular flexibility index (Phi) is 7.22. The van der Waals surface area contributed by atoms with Crippen LogP contribution in [0.1, 0.15) is 43.0 Å². The van der Waals surface area contributed by atoms with E-state index in [2.05, 4.69) is 103 Å². The van der Waals surface area contributed by atoms with Gasteiger partial charge in [-0.25, -0.2) is 9.99 Å². The number of hydrogen-bond acceptors (Lipinski definition) is 5. The third kappa shape index (κ3) is 5.21. The molecule has 0 aliphatic carbocycles. The number of methoxy groups -OCH3 is 1. The van der Waals surface area contributed by atoms with Crippen molar-refractivity contribution in [3.05, 3.63) is 102 Å². The van der Waals surface area contributed by atoms with E-state index in [1.165, 1.54) is 22.2 Å². The average molecular weight is 491 g/mol. The van der Waals surface area contributed by atoms with E-state index in [-0.39, 0.29) is 6.04 Å². The number of anilines is 2. The second-order valence-corrected chi connectivity index (χ2v) is 9.34. The lowest BCUT2D eigenvalue weighted by atomic mass is 10.0. The second-order valence-electron chi connectivity index (χ2n) is 9.34. The highest BCUT2D eigenvalue weighted by molar-refractivity contribution is 6.01. The molecule has 2 heterocycles. The predicted molar refractivity (Wildman–Crippen MR) is 156 cm³/mol. The molecule has 0 bridgehead atoms. The molecule has 5 nitrogen and oxygen atoms in total. The van der Waals surface area contributed by atoms with Crippen LogP contribution in [0.3, 0.4) is 0 Å². The molecule has 5 rings (SSSR count). The van der Waals surface area contributed by atoms with Crippen LogP contribution in [-0.4, -0.2) is 30.9 Å². The molecule has 0 N–H and O–H groups in total. The van der Waals surface area contributed by atoms with Gasteiger partial charge in [-0.2, -0.15) is 5.10 Å². The molecule has 1 unspecified atom stereocenters. The van der Waals surface area contributed by atoms with Gasteiger partial charge in [-0.15, -0.1) is 0 Å². The Morgan fingerprint density at radius 3 is 2.38 bits per heavy atom. The standard InChI is InChI=1S/C32H34N4O/c1-5-35(6-2)27-17-14-25(15-18-27)31-22-26(16-11-24-12-19-28(37-4)20-13-24)34-36(31)32-21-23(3)29-9-7-8-10-30(29)33-32/h7-21,31H,5-6,22H2,1-4H3. The molecule has 0 amide bonds. The van der Waals surface area contributed by atoms with E-state index in [9.17, 15) is 0 Å². The molecule has 1 aliphatic heterocycles. The van der Waals surface area contributed by atoms with Gasteiger partial charge in [0.15, 0.2) is 0 Å². The fourth-order valence-corrected chi connectivity index (χ4v) is 4.96. The number of para-hydroxylation sites is 1. The van der Waals surface area contributed by atoms with Gasteiger partial charge in [0.05, 0.1) is 24.4 Å². The Labute approximate surface area is 219 Å². The maximum Gasteiger partial charge on any atom is 0.150 e. The second kappa shape index (κ2) is 10.9. The Hall–Kier alpha value is -4.12. The van der Waals surface area contributed by atoms with Crippen molar-refractivity contribution in [3.63, 3.8) is 0 Å². The van der Waals surface area contributed by atoms with Gasteiger partial charge >= 0.3 is 0 Å². The number of aryl methyl sites for hydroxylation is 1. The third-order valence-corrected chi connectivity index (χ3v) is 7.07. The predicted octanol–water partition coefficient (Wildman–Crippen LogP) is 7.42. The molecule has 0 radical (unpaired) electrons. The van der Waals surface area contributed by atoms with Crippen LogP contribution in [0, 0.1) is 6.92 Å². The first kappa shape index (κ1) is 24.6. The molecular weight excluding hydrogens is 456 g/mol. The average Bonchev–Trinajstić information content (AvgIpc) is 3.38. The summed E-state index contributed by atoms with van der Waals surface area (Å²) in [7, 11) is 1.68. The Morgan fingerprint density at radius 1 is 0.946 bits per heavy atom. The van der Waals surface area contributed by atoms with Crippen molar-refractivity contribution in [1.29, 1.82) is 0 Å². The molecule has 1 aliphatic rings. The molecule has 4 aromatic rings. The zero-order valence-electron chi connectivity index (χ0n) is 22.1. The van der Waals surface area contributed by atoms with Crippen LogP contribution in [0.2, 0.25) is 0 Å². The van der Waals surface area contributed by atoms with Crippen molar-refractivity contribution >= 4 is 34.2 Å². The molecule has 188 valence electrons. The normalized spacial score (nSPS) is 15.4. The molecule has 0 fully saturated rings. The molecule has 1 aromatic heterocycles. The van der Waals surface area contributed by atoms with Gasteiger partial charge < -0.3 is 9.64 Å². The zero-order chi connectivity index (χ0) is 25.8. The first-order valence-electron chi connectivity index (χ1n) is 13.0. The molecule has 5 heteroatoms. The molecule has 0 saturated heterocycles. The van der Waals surface area contributed by atoms with Gasteiger partial charge in [-0.05, 0) is 79.9 Å². The van der Waals surface area contributed by atoms with Crippen LogP contribution >= 0.6 is 0 Å². The lowest BCUT2D eigenvalue weighted by molar-refractivity contribution is 0.415. The van der Waals surface area contributed by atoms with E-state index >= 15 is 0 Å². The zero-order valence-corrected chi connectivity index (χ0v) is 22.1. The summed E-state index contributed by atoms with van der Waals surface area (Å²) in [6, 6.07) is 27.5. The van der Waals surface area contributed by atoms with Crippen LogP contribution < -0.4 is 14.6 Å². The van der Waals surface area contributed by atoms with Gasteiger partial charge in [0.1, 0.15) is 11.6 Å². The summed E-state index contributed by atoms with van der Waals surface area (Å²) in [6.07, 6.45) is 5.04. The van der Waals surface area contributed by atoms with Crippen LogP contribution in [0.25, 0.3) is 17.0 Å². The van der Waals surface area contributed by atoms with Crippen molar-refractivity contribution in [3.8, 4) is 5.75 Å². The number of rotatable bonds is 8. The van der Waals surface area contributed by atoms with Crippen molar-refractivity contribution < 1.29 is 4.74 Å². The number of fused-ring (bicyclic) bond motifs is 1. The summed E-state index contributed by atoms with van der Waals surface area (Å²) >= 11 is 0. The summed E-state index contributed by atoms with van der Waals surface area (Å²) in [5, 5.41) is 8.34. The van der Waals surface area contributed by atoms with E-state index < -0.39 is 0 Å². The van der Waals surface area contributed by atoms with Crippen LogP contribution in [0.15, 0.2) is 90.0 Å². The number of hydrazone groups is 1. The summed E-state index contributed by atoms with van der Waals surface area (Å²) in [5.74, 6) is 1.73. The van der Waals surface area contributed by atoms with E-state index in [0.29, 0.717) is 0 Å². The highest BCUT2D eigenvalue weighted by Crippen LogP contribution is 2.37. The first-order chi connectivity index (χ1) is 18.1. The highest BCUT2D eigenvalue weighted by atomic mass is 16.5. The first-order valence-corrected chi connectivity index (χ1v) is 13.0. The lowest BCUT2D eigenvalue weighted by Gasteiger charge is -2.25. The van der Waals surface area contributed by atoms with E-state index in [0.717, 1.165) is 47.9 Å². The minimum atomic E-state index is 0.0781. The van der Waals surface area contributed by atoms with Crippen LogP contribution in [0.4, 0.5) is 11.5 Å². The van der Waals surface area contributed by atoms with Crippen molar-refractivity contribution in [2.24, 2.45) is 5.10 Å². The van der Waals surface area contributed by atoms with Gasteiger partial charge in [0.25, 0.3) is 0 Å². The van der Waals surface area contributed by atoms with Crippen LogP contribution in [0.5, 0.6) is 5.75 Å². The largest absolute Gasteiger partial charge is 0.497 e. The van der Waals surface area contributed by atoms with Gasteiger partial charge in [0, 0.05) is 30.6 Å². The molecule has 37 heavy (non-hydrogen) atoms. The smallest absolute Gasteiger partial charge is 0.150 e. The van der Waals surface area contributed by atoms with E-state index in [1.807, 2.05) is 18.2 Å². The molecular formula is C32H34N4O. The van der Waals surface area contributed by atoms with E-state index in [4.69, 9.17) is 14.8 Å². The molecule has 0 saturated carbocycles. The fraction of sp³-hybridized carbons (Fsp3) is 0.250. The number of hydrogen-bond donors (Lipinski definition) is 0. The minimum absolute atomic E-state index is 0.0781. The maximum absolute atomic E-state index is 5.29. The topological polar surface area (TPSA) is 41.0 Å². The quantitative estimate of drug-likeness (QED) is 0.258.